The Labute approximate surface area is 162 Å². The first kappa shape index (κ1) is 17.9. The monoisotopic (exact) mass is 384 g/mol. The van der Waals surface area contributed by atoms with E-state index in [4.69, 9.17) is 16.6 Å². The van der Waals surface area contributed by atoms with E-state index in [1.807, 2.05) is 19.1 Å². The van der Waals surface area contributed by atoms with E-state index in [1.165, 1.54) is 0 Å². The number of carbonyl (C=O) groups is 1. The molecule has 27 heavy (non-hydrogen) atoms. The molecular formula is C19H21ClN6O. The second kappa shape index (κ2) is 7.62. The van der Waals surface area contributed by atoms with Gasteiger partial charge < -0.3 is 15.1 Å². The summed E-state index contributed by atoms with van der Waals surface area (Å²) in [5.74, 6) is 0.785. The van der Waals surface area contributed by atoms with E-state index in [9.17, 15) is 4.79 Å². The van der Waals surface area contributed by atoms with Gasteiger partial charge in [0.2, 0.25) is 0 Å². The van der Waals surface area contributed by atoms with Crippen LogP contribution in [0.2, 0.25) is 5.02 Å². The highest BCUT2D eigenvalue weighted by atomic mass is 35.5. The number of rotatable bonds is 5. The summed E-state index contributed by atoms with van der Waals surface area (Å²) in [5, 5.41) is 4.10. The minimum absolute atomic E-state index is 0.235. The fourth-order valence-electron chi connectivity index (χ4n) is 3.50. The number of aldehydes is 1. The molecule has 7 nitrogen and oxygen atoms in total. The van der Waals surface area contributed by atoms with E-state index in [2.05, 4.69) is 25.2 Å². The number of nitrogens with zero attached hydrogens (tertiary/aromatic N) is 4. The van der Waals surface area contributed by atoms with Crippen molar-refractivity contribution in [1.82, 2.24) is 24.8 Å². The van der Waals surface area contributed by atoms with Gasteiger partial charge in [0.1, 0.15) is 17.6 Å². The van der Waals surface area contributed by atoms with Crippen LogP contribution < -0.4 is 5.32 Å². The molecule has 0 bridgehead atoms. The smallest absolute Gasteiger partial charge is 0.157 e. The lowest BCUT2D eigenvalue weighted by molar-refractivity contribution is -0.109. The minimum atomic E-state index is 0.235. The minimum Gasteiger partial charge on any atom is -0.365 e. The van der Waals surface area contributed by atoms with Crippen LogP contribution in [0.5, 0.6) is 0 Å². The fourth-order valence-corrected chi connectivity index (χ4v) is 3.69. The Kier molecular flexibility index (Phi) is 5.05. The van der Waals surface area contributed by atoms with Crippen LogP contribution >= 0.6 is 11.6 Å². The third kappa shape index (κ3) is 3.79. The third-order valence-corrected chi connectivity index (χ3v) is 5.11. The van der Waals surface area contributed by atoms with Gasteiger partial charge in [0.05, 0.1) is 23.5 Å². The van der Waals surface area contributed by atoms with Gasteiger partial charge in [0.25, 0.3) is 0 Å². The van der Waals surface area contributed by atoms with Gasteiger partial charge in [-0.1, -0.05) is 11.6 Å². The molecule has 1 unspecified atom stereocenters. The standard InChI is InChI=1S/C19H21ClN6O/c1-12-4-5-14(16-10-22-19-17(25-16)15(20)9-21-19)18(23-12)24-13-3-2-6-26(11-13)7-8-27/h4-5,8-10,13H,2-3,6-7,11H2,1H3,(H,21,22)(H,23,24). The largest absolute Gasteiger partial charge is 0.365 e. The normalized spacial score (nSPS) is 17.9. The number of anilines is 1. The van der Waals surface area contributed by atoms with Gasteiger partial charge in [-0.25, -0.2) is 15.0 Å². The molecule has 0 radical (unpaired) electrons. The van der Waals surface area contributed by atoms with Gasteiger partial charge in [0, 0.05) is 30.0 Å². The van der Waals surface area contributed by atoms with Crippen LogP contribution in [-0.4, -0.2) is 56.8 Å². The number of fused-ring (bicyclic) bond motifs is 1. The SMILES string of the molecule is Cc1ccc(-c2cnc3[nH]cc(Cl)c3n2)c(NC2CCCN(CC=O)C2)n1. The lowest BCUT2D eigenvalue weighted by Crippen LogP contribution is -2.43. The number of hydrogen-bond donors (Lipinski definition) is 2. The maximum Gasteiger partial charge on any atom is 0.157 e. The van der Waals surface area contributed by atoms with E-state index in [0.717, 1.165) is 55.0 Å². The van der Waals surface area contributed by atoms with Crippen molar-refractivity contribution in [2.75, 3.05) is 25.0 Å². The summed E-state index contributed by atoms with van der Waals surface area (Å²) in [6, 6.07) is 4.21. The average molecular weight is 385 g/mol. The molecule has 8 heteroatoms. The number of aromatic nitrogens is 4. The van der Waals surface area contributed by atoms with E-state index in [0.29, 0.717) is 22.7 Å². The summed E-state index contributed by atoms with van der Waals surface area (Å²) in [5.41, 5.74) is 3.85. The highest BCUT2D eigenvalue weighted by Gasteiger charge is 2.21. The Morgan fingerprint density at radius 1 is 1.41 bits per heavy atom. The summed E-state index contributed by atoms with van der Waals surface area (Å²) in [7, 11) is 0. The molecule has 0 aromatic carbocycles. The van der Waals surface area contributed by atoms with Crippen LogP contribution in [0.25, 0.3) is 22.4 Å². The number of H-pyrrole nitrogens is 1. The van der Waals surface area contributed by atoms with Crippen molar-refractivity contribution >= 4 is 34.9 Å². The van der Waals surface area contributed by atoms with Crippen molar-refractivity contribution < 1.29 is 4.79 Å². The number of nitrogens with one attached hydrogen (secondary N) is 2. The van der Waals surface area contributed by atoms with Crippen molar-refractivity contribution in [3.8, 4) is 11.3 Å². The predicted octanol–water partition coefficient (Wildman–Crippen LogP) is 3.06. The van der Waals surface area contributed by atoms with Gasteiger partial charge in [0.15, 0.2) is 5.65 Å². The van der Waals surface area contributed by atoms with Crippen LogP contribution in [0.15, 0.2) is 24.5 Å². The van der Waals surface area contributed by atoms with Gasteiger partial charge in [-0.3, -0.25) is 4.90 Å². The van der Waals surface area contributed by atoms with Crippen molar-refractivity contribution in [2.24, 2.45) is 0 Å². The second-order valence-electron chi connectivity index (χ2n) is 6.85. The molecule has 2 N–H and O–H groups in total. The average Bonchev–Trinajstić information content (AvgIpc) is 3.03. The molecule has 140 valence electrons. The van der Waals surface area contributed by atoms with Crippen LogP contribution in [0.3, 0.4) is 0 Å². The fraction of sp³-hybridized carbons (Fsp3) is 0.368. The van der Waals surface area contributed by atoms with E-state index >= 15 is 0 Å². The molecule has 0 saturated carbocycles. The van der Waals surface area contributed by atoms with Crippen molar-refractivity contribution in [3.63, 3.8) is 0 Å². The van der Waals surface area contributed by atoms with Crippen molar-refractivity contribution in [2.45, 2.75) is 25.8 Å². The first-order chi connectivity index (χ1) is 13.1. The van der Waals surface area contributed by atoms with Crippen molar-refractivity contribution in [3.05, 3.63) is 35.2 Å². The quantitative estimate of drug-likeness (QED) is 0.657. The number of likely N-dealkylation sites (tertiary alicyclic amines) is 1. The predicted molar refractivity (Wildman–Crippen MR) is 106 cm³/mol. The number of carbonyl (C=O) groups excluding carboxylic acids is 1. The zero-order chi connectivity index (χ0) is 18.8. The second-order valence-corrected chi connectivity index (χ2v) is 7.25. The molecule has 1 fully saturated rings. The molecule has 1 saturated heterocycles. The number of halogens is 1. The molecule has 0 amide bonds. The number of piperidine rings is 1. The van der Waals surface area contributed by atoms with Crippen LogP contribution in [0.4, 0.5) is 5.82 Å². The first-order valence-corrected chi connectivity index (χ1v) is 9.42. The van der Waals surface area contributed by atoms with Crippen LogP contribution in [0, 0.1) is 6.92 Å². The molecular weight excluding hydrogens is 364 g/mol. The molecule has 0 spiro atoms. The maximum atomic E-state index is 10.8. The van der Waals surface area contributed by atoms with Gasteiger partial charge in [-0.2, -0.15) is 0 Å². The maximum absolute atomic E-state index is 10.8. The van der Waals surface area contributed by atoms with Gasteiger partial charge in [-0.05, 0) is 38.4 Å². The molecule has 1 aliphatic heterocycles. The molecule has 1 aliphatic rings. The zero-order valence-electron chi connectivity index (χ0n) is 15.1. The molecule has 0 aliphatic carbocycles. The third-order valence-electron chi connectivity index (χ3n) is 4.82. The summed E-state index contributed by atoms with van der Waals surface area (Å²) in [4.78, 5) is 29.8. The Morgan fingerprint density at radius 3 is 3.15 bits per heavy atom. The van der Waals surface area contributed by atoms with E-state index < -0.39 is 0 Å². The summed E-state index contributed by atoms with van der Waals surface area (Å²) in [6.07, 6.45) is 6.47. The highest BCUT2D eigenvalue weighted by molar-refractivity contribution is 6.34. The first-order valence-electron chi connectivity index (χ1n) is 9.04. The molecule has 3 aromatic heterocycles. The lowest BCUT2D eigenvalue weighted by atomic mass is 10.0. The van der Waals surface area contributed by atoms with E-state index in [-0.39, 0.29) is 6.04 Å². The van der Waals surface area contributed by atoms with Gasteiger partial charge >= 0.3 is 0 Å². The number of pyridine rings is 1. The number of aromatic amines is 1. The summed E-state index contributed by atoms with van der Waals surface area (Å²) < 4.78 is 0. The number of aryl methyl sites for hydroxylation is 1. The summed E-state index contributed by atoms with van der Waals surface area (Å²) >= 11 is 6.20. The topological polar surface area (TPSA) is 86.8 Å². The Hall–Kier alpha value is -2.51. The van der Waals surface area contributed by atoms with Crippen LogP contribution in [-0.2, 0) is 4.79 Å². The van der Waals surface area contributed by atoms with Crippen molar-refractivity contribution in [1.29, 1.82) is 0 Å². The van der Waals surface area contributed by atoms with Crippen LogP contribution in [0.1, 0.15) is 18.5 Å². The Morgan fingerprint density at radius 2 is 2.30 bits per heavy atom. The Bertz CT molecular complexity index is 972. The zero-order valence-corrected chi connectivity index (χ0v) is 15.8. The van der Waals surface area contributed by atoms with Gasteiger partial charge in [-0.15, -0.1) is 0 Å². The summed E-state index contributed by atoms with van der Waals surface area (Å²) in [6.45, 7) is 4.22. The Balaban J connectivity index is 1.65. The van der Waals surface area contributed by atoms with E-state index in [1.54, 1.807) is 12.4 Å². The highest BCUT2D eigenvalue weighted by Crippen LogP contribution is 2.29. The number of hydrogen-bond acceptors (Lipinski definition) is 6. The lowest BCUT2D eigenvalue weighted by Gasteiger charge is -2.32. The molecule has 1 atom stereocenters. The molecule has 4 rings (SSSR count). The molecule has 3 aromatic rings. The molecule has 4 heterocycles.